The van der Waals surface area contributed by atoms with Crippen molar-refractivity contribution in [1.82, 2.24) is 26.2 Å². The van der Waals surface area contributed by atoms with Crippen LogP contribution in [0.15, 0.2) is 36.4 Å². The van der Waals surface area contributed by atoms with Crippen molar-refractivity contribution in [2.45, 2.75) is 77.8 Å². The van der Waals surface area contributed by atoms with Gasteiger partial charge < -0.3 is 42.2 Å². The van der Waals surface area contributed by atoms with Crippen LogP contribution in [0, 0.1) is 5.92 Å². The average Bonchev–Trinajstić information content (AvgIpc) is 3.29. The van der Waals surface area contributed by atoms with Gasteiger partial charge in [-0.15, -0.1) is 0 Å². The second-order valence-corrected chi connectivity index (χ2v) is 11.8. The van der Waals surface area contributed by atoms with Gasteiger partial charge in [-0.3, -0.25) is 28.9 Å². The van der Waals surface area contributed by atoms with E-state index in [1.807, 2.05) is 0 Å². The Bertz CT molecular complexity index is 1300. The standard InChI is InChI=1S/C30H43N7O9/c1-17(2)24(36-26(42)21(37-22(39)12-13-23(37)40)15-33-29(45)46-30(3,4)5)27(43)35-20(7-6-14-32-28(31)44)25(41)34-19-10-8-18(16-38)9-11-19/h8-13,17,20-21,24,38H,6-7,14-16H2,1-5H3,(H,33,45)(H,34,41)(H,35,43)(H,36,42)(H3,31,32,44). The van der Waals surface area contributed by atoms with E-state index in [1.165, 1.54) is 0 Å². The maximum atomic E-state index is 13.5. The van der Waals surface area contributed by atoms with Crippen molar-refractivity contribution in [2.75, 3.05) is 18.4 Å². The Labute approximate surface area is 266 Å². The summed E-state index contributed by atoms with van der Waals surface area (Å²) in [6.07, 6.45) is 1.41. The van der Waals surface area contributed by atoms with Crippen LogP contribution < -0.4 is 32.3 Å². The van der Waals surface area contributed by atoms with Crippen LogP contribution in [0.5, 0.6) is 0 Å². The van der Waals surface area contributed by atoms with Gasteiger partial charge in [-0.05, 0) is 57.2 Å². The number of imide groups is 1. The summed E-state index contributed by atoms with van der Waals surface area (Å²) in [6, 6.07) is 1.75. The largest absolute Gasteiger partial charge is 0.444 e. The van der Waals surface area contributed by atoms with Gasteiger partial charge in [0, 0.05) is 24.4 Å². The molecule has 8 amide bonds. The number of aliphatic hydroxyl groups excluding tert-OH is 1. The van der Waals surface area contributed by atoms with Crippen LogP contribution in [0.4, 0.5) is 15.3 Å². The van der Waals surface area contributed by atoms with Gasteiger partial charge in [0.25, 0.3) is 11.8 Å². The van der Waals surface area contributed by atoms with Crippen molar-refractivity contribution >= 4 is 47.3 Å². The zero-order chi connectivity index (χ0) is 34.6. The number of carbonyl (C=O) groups excluding carboxylic acids is 7. The van der Waals surface area contributed by atoms with Gasteiger partial charge in [0.2, 0.25) is 17.7 Å². The third kappa shape index (κ3) is 11.8. The third-order valence-electron chi connectivity index (χ3n) is 6.55. The quantitative estimate of drug-likeness (QED) is 0.100. The highest BCUT2D eigenvalue weighted by molar-refractivity contribution is 6.15. The molecule has 1 aromatic rings. The molecular formula is C30H43N7O9. The highest BCUT2D eigenvalue weighted by Gasteiger charge is 2.39. The third-order valence-corrected chi connectivity index (χ3v) is 6.55. The van der Waals surface area contributed by atoms with E-state index in [4.69, 9.17) is 10.5 Å². The molecule has 2 rings (SSSR count). The smallest absolute Gasteiger partial charge is 0.407 e. The summed E-state index contributed by atoms with van der Waals surface area (Å²) in [4.78, 5) is 89.2. The fraction of sp³-hybridized carbons (Fsp3) is 0.500. The molecule has 1 aromatic carbocycles. The molecule has 1 aliphatic heterocycles. The number of ether oxygens (including phenoxy) is 1. The molecule has 0 saturated heterocycles. The Morgan fingerprint density at radius 2 is 1.52 bits per heavy atom. The van der Waals surface area contributed by atoms with Gasteiger partial charge in [0.1, 0.15) is 23.7 Å². The number of amides is 8. The van der Waals surface area contributed by atoms with E-state index in [0.29, 0.717) is 16.2 Å². The molecule has 0 radical (unpaired) electrons. The lowest BCUT2D eigenvalue weighted by atomic mass is 10.0. The number of anilines is 1. The molecule has 0 spiro atoms. The molecule has 0 bridgehead atoms. The van der Waals surface area contributed by atoms with Crippen molar-refractivity contribution in [3.63, 3.8) is 0 Å². The maximum absolute atomic E-state index is 13.5. The highest BCUT2D eigenvalue weighted by atomic mass is 16.6. The van der Waals surface area contributed by atoms with Gasteiger partial charge in [-0.1, -0.05) is 26.0 Å². The monoisotopic (exact) mass is 645 g/mol. The predicted octanol–water partition coefficient (Wildman–Crippen LogP) is 0.00980. The first-order valence-electron chi connectivity index (χ1n) is 14.7. The summed E-state index contributed by atoms with van der Waals surface area (Å²) in [5.41, 5.74) is 5.28. The number of primary amides is 1. The first-order chi connectivity index (χ1) is 21.5. The Morgan fingerprint density at radius 3 is 2.04 bits per heavy atom. The van der Waals surface area contributed by atoms with Crippen molar-refractivity contribution < 1.29 is 43.4 Å². The Kier molecular flexibility index (Phi) is 13.7. The lowest BCUT2D eigenvalue weighted by Gasteiger charge is -2.30. The van der Waals surface area contributed by atoms with E-state index in [9.17, 15) is 38.7 Å². The number of benzene rings is 1. The number of urea groups is 1. The number of carbonyl (C=O) groups is 7. The molecule has 0 aromatic heterocycles. The summed E-state index contributed by atoms with van der Waals surface area (Å²) in [7, 11) is 0. The highest BCUT2D eigenvalue weighted by Crippen LogP contribution is 2.14. The van der Waals surface area contributed by atoms with E-state index < -0.39 is 77.8 Å². The number of nitrogens with two attached hydrogens (primary N) is 1. The van der Waals surface area contributed by atoms with Crippen molar-refractivity contribution in [2.24, 2.45) is 11.7 Å². The zero-order valence-corrected chi connectivity index (χ0v) is 26.5. The van der Waals surface area contributed by atoms with Crippen molar-refractivity contribution in [1.29, 1.82) is 0 Å². The first-order valence-corrected chi connectivity index (χ1v) is 14.7. The van der Waals surface area contributed by atoms with Gasteiger partial charge in [-0.25, -0.2) is 9.59 Å². The van der Waals surface area contributed by atoms with Gasteiger partial charge in [0.15, 0.2) is 0 Å². The van der Waals surface area contributed by atoms with E-state index in [1.54, 1.807) is 58.9 Å². The predicted molar refractivity (Wildman–Crippen MR) is 166 cm³/mol. The Morgan fingerprint density at radius 1 is 0.913 bits per heavy atom. The van der Waals surface area contributed by atoms with Crippen LogP contribution in [0.3, 0.4) is 0 Å². The van der Waals surface area contributed by atoms with Crippen molar-refractivity contribution in [3.05, 3.63) is 42.0 Å². The molecule has 3 unspecified atom stereocenters. The molecule has 1 aliphatic rings. The molecule has 16 heteroatoms. The van der Waals surface area contributed by atoms with E-state index in [2.05, 4.69) is 26.6 Å². The second-order valence-electron chi connectivity index (χ2n) is 11.8. The molecule has 1 heterocycles. The van der Waals surface area contributed by atoms with Gasteiger partial charge in [0.05, 0.1) is 13.2 Å². The molecule has 0 saturated carbocycles. The minimum absolute atomic E-state index is 0.0796. The average molecular weight is 646 g/mol. The summed E-state index contributed by atoms with van der Waals surface area (Å²) in [6.45, 7) is 7.62. The van der Waals surface area contributed by atoms with E-state index in [-0.39, 0.29) is 26.0 Å². The number of nitrogens with zero attached hydrogens (tertiary/aromatic N) is 1. The first kappa shape index (κ1) is 37.2. The van der Waals surface area contributed by atoms with E-state index >= 15 is 0 Å². The number of hydrogen-bond donors (Lipinski definition) is 7. The summed E-state index contributed by atoms with van der Waals surface area (Å²) in [5, 5.41) is 21.9. The van der Waals surface area contributed by atoms with Crippen LogP contribution in [-0.2, 0) is 35.3 Å². The topological polar surface area (TPSA) is 238 Å². The molecule has 3 atom stereocenters. The normalized spacial score (nSPS) is 14.7. The molecular weight excluding hydrogens is 602 g/mol. The summed E-state index contributed by atoms with van der Waals surface area (Å²) >= 11 is 0. The van der Waals surface area contributed by atoms with Gasteiger partial charge in [-0.2, -0.15) is 0 Å². The number of rotatable bonds is 15. The Balaban J connectivity index is 2.23. The molecule has 8 N–H and O–H groups in total. The zero-order valence-electron chi connectivity index (χ0n) is 26.5. The lowest BCUT2D eigenvalue weighted by molar-refractivity contribution is -0.146. The molecule has 46 heavy (non-hydrogen) atoms. The maximum Gasteiger partial charge on any atom is 0.407 e. The van der Waals surface area contributed by atoms with Crippen LogP contribution in [0.25, 0.3) is 0 Å². The van der Waals surface area contributed by atoms with Crippen LogP contribution in [-0.4, -0.2) is 88.5 Å². The molecule has 16 nitrogen and oxygen atoms in total. The summed E-state index contributed by atoms with van der Waals surface area (Å²) < 4.78 is 5.19. The molecule has 0 fully saturated rings. The fourth-order valence-electron chi connectivity index (χ4n) is 4.27. The molecule has 252 valence electrons. The number of hydrogen-bond acceptors (Lipinski definition) is 9. The number of nitrogens with one attached hydrogen (secondary N) is 5. The lowest BCUT2D eigenvalue weighted by Crippen LogP contribution is -2.60. The number of aliphatic hydroxyl groups is 1. The number of alkyl carbamates (subject to hydrolysis) is 1. The minimum atomic E-state index is -1.53. The molecule has 0 aliphatic carbocycles. The van der Waals surface area contributed by atoms with Crippen LogP contribution >= 0.6 is 0 Å². The van der Waals surface area contributed by atoms with Crippen molar-refractivity contribution in [3.8, 4) is 0 Å². The second kappa shape index (κ2) is 16.9. The fourth-order valence-corrected chi connectivity index (χ4v) is 4.27. The minimum Gasteiger partial charge on any atom is -0.444 e. The SMILES string of the molecule is CC(C)C(NC(=O)C(CNC(=O)OC(C)(C)C)N1C(=O)C=CC1=O)C(=O)NC(CCCNC(N)=O)C(=O)Nc1ccc(CO)cc1. The van der Waals surface area contributed by atoms with Gasteiger partial charge >= 0.3 is 12.1 Å². The van der Waals surface area contributed by atoms with Crippen LogP contribution in [0.2, 0.25) is 0 Å². The summed E-state index contributed by atoms with van der Waals surface area (Å²) in [5.74, 6) is -4.33. The van der Waals surface area contributed by atoms with Crippen LogP contribution in [0.1, 0.15) is 53.0 Å². The Hall–Kier alpha value is -4.99. The van der Waals surface area contributed by atoms with E-state index in [0.717, 1.165) is 12.2 Å².